The first-order chi connectivity index (χ1) is 10.8. The lowest BCUT2D eigenvalue weighted by molar-refractivity contribution is -0.286. The maximum Gasteiger partial charge on any atom is 0.126 e. The Labute approximate surface area is 138 Å². The quantitative estimate of drug-likeness (QED) is 0.596. The SMILES string of the molecule is C[C@@]12CCC[C@@](C)(C=O)C1CC[C@]13C[C@@]4(O)CO[C@@]4(CC=C12)C3. The zero-order valence-corrected chi connectivity index (χ0v) is 14.4. The second-order valence-electron chi connectivity index (χ2n) is 9.76. The van der Waals surface area contributed by atoms with Gasteiger partial charge in [0.1, 0.15) is 17.5 Å². The van der Waals surface area contributed by atoms with Gasteiger partial charge in [0.15, 0.2) is 0 Å². The largest absolute Gasteiger partial charge is 0.384 e. The molecule has 4 aliphatic carbocycles. The molecule has 4 fully saturated rings. The third kappa shape index (κ3) is 1.44. The first-order valence-corrected chi connectivity index (χ1v) is 9.36. The molecule has 2 bridgehead atoms. The number of hydrogen-bond donors (Lipinski definition) is 1. The molecule has 126 valence electrons. The summed E-state index contributed by atoms with van der Waals surface area (Å²) in [6.07, 6.45) is 12.0. The molecular weight excluding hydrogens is 288 g/mol. The lowest BCUT2D eigenvalue weighted by Gasteiger charge is -2.60. The molecule has 1 saturated heterocycles. The van der Waals surface area contributed by atoms with Gasteiger partial charge in [0, 0.05) is 5.41 Å². The summed E-state index contributed by atoms with van der Waals surface area (Å²) in [5.41, 5.74) is 0.782. The van der Waals surface area contributed by atoms with Crippen LogP contribution in [-0.2, 0) is 9.53 Å². The number of allylic oxidation sites excluding steroid dienone is 1. The van der Waals surface area contributed by atoms with Gasteiger partial charge >= 0.3 is 0 Å². The topological polar surface area (TPSA) is 46.5 Å². The molecule has 0 aromatic heterocycles. The predicted molar refractivity (Wildman–Crippen MR) is 86.9 cm³/mol. The smallest absolute Gasteiger partial charge is 0.126 e. The molecule has 0 amide bonds. The normalized spacial score (nSPS) is 60.0. The second kappa shape index (κ2) is 3.94. The van der Waals surface area contributed by atoms with E-state index in [2.05, 4.69) is 19.9 Å². The number of aldehydes is 1. The molecule has 1 unspecified atom stereocenters. The van der Waals surface area contributed by atoms with Gasteiger partial charge in [-0.15, -0.1) is 0 Å². The van der Waals surface area contributed by atoms with E-state index in [1.54, 1.807) is 5.57 Å². The highest BCUT2D eigenvalue weighted by molar-refractivity contribution is 5.61. The van der Waals surface area contributed by atoms with Gasteiger partial charge in [0.25, 0.3) is 0 Å². The molecule has 3 saturated carbocycles. The van der Waals surface area contributed by atoms with Crippen molar-refractivity contribution in [2.45, 2.75) is 76.4 Å². The van der Waals surface area contributed by atoms with Crippen LogP contribution in [0.4, 0.5) is 0 Å². The summed E-state index contributed by atoms with van der Waals surface area (Å²) in [5.74, 6) is 0.459. The van der Waals surface area contributed by atoms with Crippen molar-refractivity contribution in [3.8, 4) is 0 Å². The summed E-state index contributed by atoms with van der Waals surface area (Å²) >= 11 is 0. The zero-order valence-electron chi connectivity index (χ0n) is 14.4. The minimum atomic E-state index is -0.600. The average Bonchev–Trinajstić information content (AvgIpc) is 2.63. The van der Waals surface area contributed by atoms with Gasteiger partial charge in [0.2, 0.25) is 0 Å². The summed E-state index contributed by atoms with van der Waals surface area (Å²) in [7, 11) is 0. The fourth-order valence-electron chi connectivity index (χ4n) is 7.63. The van der Waals surface area contributed by atoms with Crippen LogP contribution in [0.1, 0.15) is 65.2 Å². The van der Waals surface area contributed by atoms with Crippen LogP contribution in [0.15, 0.2) is 11.6 Å². The van der Waals surface area contributed by atoms with Crippen molar-refractivity contribution in [1.29, 1.82) is 0 Å². The van der Waals surface area contributed by atoms with Crippen LogP contribution >= 0.6 is 0 Å². The number of fused-ring (bicyclic) bond motifs is 2. The lowest BCUT2D eigenvalue weighted by atomic mass is 9.44. The van der Waals surface area contributed by atoms with E-state index in [4.69, 9.17) is 4.74 Å². The van der Waals surface area contributed by atoms with E-state index in [9.17, 15) is 9.90 Å². The molecule has 1 N–H and O–H groups in total. The van der Waals surface area contributed by atoms with Crippen LogP contribution in [0.5, 0.6) is 0 Å². The molecule has 1 aliphatic heterocycles. The molecule has 3 nitrogen and oxygen atoms in total. The summed E-state index contributed by atoms with van der Waals surface area (Å²) < 4.78 is 5.94. The Kier molecular flexibility index (Phi) is 2.51. The molecule has 2 spiro atoms. The van der Waals surface area contributed by atoms with E-state index in [0.717, 1.165) is 44.9 Å². The number of rotatable bonds is 1. The van der Waals surface area contributed by atoms with Gasteiger partial charge in [-0.2, -0.15) is 0 Å². The fourth-order valence-corrected chi connectivity index (χ4v) is 7.63. The van der Waals surface area contributed by atoms with Crippen LogP contribution in [-0.4, -0.2) is 29.2 Å². The maximum atomic E-state index is 11.9. The first kappa shape index (κ1) is 14.7. The molecule has 5 aliphatic rings. The van der Waals surface area contributed by atoms with E-state index in [0.29, 0.717) is 12.5 Å². The Morgan fingerprint density at radius 2 is 2.09 bits per heavy atom. The van der Waals surface area contributed by atoms with Crippen molar-refractivity contribution in [1.82, 2.24) is 0 Å². The average molecular weight is 316 g/mol. The fraction of sp³-hybridized carbons (Fsp3) is 0.850. The standard InChI is InChI=1S/C20H28O3/c1-16(12-21)6-3-7-17(2)14(16)4-8-18-10-19(22)13-23-20(19,11-18)9-5-15(17)18/h5,12,14,22H,3-4,6-11,13H2,1-2H3/t14?,16-,17+,18+,19+,20-/m0/s1. The number of aliphatic hydroxyl groups is 1. The predicted octanol–water partition coefficient (Wildman–Crippen LogP) is 3.40. The van der Waals surface area contributed by atoms with Crippen molar-refractivity contribution in [2.24, 2.45) is 22.2 Å². The molecule has 6 atom stereocenters. The van der Waals surface area contributed by atoms with E-state index >= 15 is 0 Å². The minimum absolute atomic E-state index is 0.133. The summed E-state index contributed by atoms with van der Waals surface area (Å²) in [4.78, 5) is 11.9. The van der Waals surface area contributed by atoms with Gasteiger partial charge in [-0.3, -0.25) is 0 Å². The highest BCUT2D eigenvalue weighted by Gasteiger charge is 2.74. The van der Waals surface area contributed by atoms with E-state index in [-0.39, 0.29) is 21.8 Å². The van der Waals surface area contributed by atoms with Crippen molar-refractivity contribution in [3.63, 3.8) is 0 Å². The van der Waals surface area contributed by atoms with E-state index < -0.39 is 5.60 Å². The Morgan fingerprint density at radius 3 is 2.78 bits per heavy atom. The monoisotopic (exact) mass is 316 g/mol. The van der Waals surface area contributed by atoms with Crippen LogP contribution in [0.3, 0.4) is 0 Å². The second-order valence-corrected chi connectivity index (χ2v) is 9.76. The molecule has 5 rings (SSSR count). The van der Waals surface area contributed by atoms with Crippen molar-refractivity contribution >= 4 is 6.29 Å². The van der Waals surface area contributed by atoms with Crippen molar-refractivity contribution in [2.75, 3.05) is 6.61 Å². The van der Waals surface area contributed by atoms with Crippen LogP contribution in [0.25, 0.3) is 0 Å². The Hall–Kier alpha value is -0.670. The van der Waals surface area contributed by atoms with Gasteiger partial charge < -0.3 is 14.6 Å². The zero-order chi connectivity index (χ0) is 16.1. The molecular formula is C20H28O3. The molecule has 0 aromatic rings. The molecule has 0 aromatic carbocycles. The maximum absolute atomic E-state index is 11.9. The third-order valence-electron chi connectivity index (χ3n) is 8.67. The summed E-state index contributed by atoms with van der Waals surface area (Å²) in [6, 6.07) is 0. The van der Waals surface area contributed by atoms with Gasteiger partial charge in [-0.1, -0.05) is 31.9 Å². The lowest BCUT2D eigenvalue weighted by Crippen LogP contribution is -2.65. The summed E-state index contributed by atoms with van der Waals surface area (Å²) in [5, 5.41) is 11.1. The Balaban J connectivity index is 1.61. The van der Waals surface area contributed by atoms with Crippen molar-refractivity contribution in [3.05, 3.63) is 11.6 Å². The summed E-state index contributed by atoms with van der Waals surface area (Å²) in [6.45, 7) is 5.11. The molecule has 3 heteroatoms. The number of carbonyl (C=O) groups excluding carboxylic acids is 1. The highest BCUT2D eigenvalue weighted by atomic mass is 16.6. The Bertz CT molecular complexity index is 622. The van der Waals surface area contributed by atoms with Crippen LogP contribution in [0, 0.1) is 22.2 Å². The number of ether oxygens (including phenoxy) is 1. The van der Waals surface area contributed by atoms with E-state index in [1.165, 1.54) is 12.7 Å². The Morgan fingerprint density at radius 1 is 1.26 bits per heavy atom. The number of carbonyl (C=O) groups is 1. The van der Waals surface area contributed by atoms with Crippen LogP contribution < -0.4 is 0 Å². The molecule has 0 radical (unpaired) electrons. The highest BCUT2D eigenvalue weighted by Crippen LogP contribution is 2.74. The molecule has 1 heterocycles. The first-order valence-electron chi connectivity index (χ1n) is 9.36. The van der Waals surface area contributed by atoms with Crippen LogP contribution in [0.2, 0.25) is 0 Å². The van der Waals surface area contributed by atoms with Gasteiger partial charge in [-0.05, 0) is 61.7 Å². The molecule has 23 heavy (non-hydrogen) atoms. The third-order valence-corrected chi connectivity index (χ3v) is 8.67. The van der Waals surface area contributed by atoms with Crippen molar-refractivity contribution < 1.29 is 14.6 Å². The van der Waals surface area contributed by atoms with Gasteiger partial charge in [0.05, 0.1) is 6.61 Å². The van der Waals surface area contributed by atoms with Gasteiger partial charge in [-0.25, -0.2) is 0 Å². The minimum Gasteiger partial charge on any atom is -0.384 e. The number of hydrogen-bond acceptors (Lipinski definition) is 3. The van der Waals surface area contributed by atoms with E-state index in [1.807, 2.05) is 0 Å².